The van der Waals surface area contributed by atoms with Crippen molar-refractivity contribution in [2.75, 3.05) is 31.5 Å². The number of benzene rings is 2. The van der Waals surface area contributed by atoms with E-state index in [9.17, 15) is 9.59 Å². The Labute approximate surface area is 178 Å². The van der Waals surface area contributed by atoms with Gasteiger partial charge in [-0.2, -0.15) is 0 Å². The topological polar surface area (TPSA) is 61.4 Å². The number of likely N-dealkylation sites (tertiary alicyclic amines) is 1. The van der Waals surface area contributed by atoms with E-state index in [0.29, 0.717) is 22.7 Å². The normalized spacial score (nSPS) is 18.3. The summed E-state index contributed by atoms with van der Waals surface area (Å²) in [6, 6.07) is 15.1. The van der Waals surface area contributed by atoms with Gasteiger partial charge >= 0.3 is 0 Å². The molecule has 2 fully saturated rings. The first-order valence-corrected chi connectivity index (χ1v) is 10.2. The van der Waals surface area contributed by atoms with Gasteiger partial charge in [-0.3, -0.25) is 9.59 Å². The average Bonchev–Trinajstić information content (AvgIpc) is 3.42. The molecule has 2 heterocycles. The Morgan fingerprint density at radius 3 is 2.48 bits per heavy atom. The van der Waals surface area contributed by atoms with E-state index >= 15 is 0 Å². The predicted molar refractivity (Wildman–Crippen MR) is 118 cm³/mol. The number of hydrogen-bond acceptors (Lipinski definition) is 3. The van der Waals surface area contributed by atoms with Crippen LogP contribution in [0.2, 0.25) is 0 Å². The van der Waals surface area contributed by atoms with Gasteiger partial charge in [0.2, 0.25) is 0 Å². The highest BCUT2D eigenvalue weighted by Crippen LogP contribution is 2.18. The summed E-state index contributed by atoms with van der Waals surface area (Å²) < 4.78 is 0. The number of hydrogen-bond donors (Lipinski definition) is 2. The van der Waals surface area contributed by atoms with E-state index in [-0.39, 0.29) is 24.2 Å². The maximum absolute atomic E-state index is 12.6. The molecule has 29 heavy (non-hydrogen) atoms. The van der Waals surface area contributed by atoms with Crippen LogP contribution >= 0.6 is 12.4 Å². The molecule has 2 amide bonds. The van der Waals surface area contributed by atoms with Gasteiger partial charge in [-0.05, 0) is 80.6 Å². The third kappa shape index (κ3) is 5.37. The highest BCUT2D eigenvalue weighted by atomic mass is 35.5. The number of carbonyl (C=O) groups excluding carboxylic acids is 2. The van der Waals surface area contributed by atoms with Crippen molar-refractivity contribution in [1.82, 2.24) is 10.2 Å². The Balaban J connectivity index is 0.00000240. The summed E-state index contributed by atoms with van der Waals surface area (Å²) in [5.74, 6) is 0.578. The maximum atomic E-state index is 12.6. The minimum absolute atomic E-state index is 0. The third-order valence-electron chi connectivity index (χ3n) is 5.66. The minimum Gasteiger partial charge on any atom is -0.339 e. The highest BCUT2D eigenvalue weighted by Gasteiger charge is 2.20. The molecule has 4 rings (SSSR count). The van der Waals surface area contributed by atoms with Gasteiger partial charge < -0.3 is 15.5 Å². The minimum atomic E-state index is -0.153. The van der Waals surface area contributed by atoms with Crippen molar-refractivity contribution in [3.8, 4) is 0 Å². The molecule has 0 radical (unpaired) electrons. The summed E-state index contributed by atoms with van der Waals surface area (Å²) in [6.45, 7) is 3.82. The lowest BCUT2D eigenvalue weighted by Crippen LogP contribution is -2.27. The van der Waals surface area contributed by atoms with Gasteiger partial charge in [0.15, 0.2) is 0 Å². The van der Waals surface area contributed by atoms with Gasteiger partial charge in [0.25, 0.3) is 11.8 Å². The van der Waals surface area contributed by atoms with Gasteiger partial charge in [-0.25, -0.2) is 0 Å². The number of rotatable bonds is 5. The van der Waals surface area contributed by atoms with Crippen LogP contribution in [0.4, 0.5) is 5.69 Å². The molecule has 0 aromatic heterocycles. The van der Waals surface area contributed by atoms with E-state index in [1.54, 1.807) is 6.07 Å². The van der Waals surface area contributed by atoms with Crippen molar-refractivity contribution >= 4 is 29.9 Å². The zero-order valence-corrected chi connectivity index (χ0v) is 17.3. The zero-order valence-electron chi connectivity index (χ0n) is 16.5. The maximum Gasteiger partial charge on any atom is 0.255 e. The van der Waals surface area contributed by atoms with Crippen LogP contribution in [0.15, 0.2) is 48.5 Å². The van der Waals surface area contributed by atoms with E-state index in [4.69, 9.17) is 0 Å². The van der Waals surface area contributed by atoms with E-state index in [1.165, 1.54) is 12.0 Å². The SMILES string of the molecule is Cl.O=C(Nc1cccc(C(=O)N2CCCC2)c1)c1ccc(CC2CCNC2)cc1. The second-order valence-corrected chi connectivity index (χ2v) is 7.79. The van der Waals surface area contributed by atoms with Crippen LogP contribution in [-0.4, -0.2) is 42.9 Å². The second kappa shape index (κ2) is 9.90. The van der Waals surface area contributed by atoms with Crippen molar-refractivity contribution in [3.05, 3.63) is 65.2 Å². The van der Waals surface area contributed by atoms with Crippen LogP contribution in [0.5, 0.6) is 0 Å². The van der Waals surface area contributed by atoms with Crippen LogP contribution in [0.25, 0.3) is 0 Å². The molecule has 0 spiro atoms. The van der Waals surface area contributed by atoms with Crippen molar-refractivity contribution in [2.45, 2.75) is 25.7 Å². The Morgan fingerprint density at radius 2 is 1.79 bits per heavy atom. The Morgan fingerprint density at radius 1 is 1.03 bits per heavy atom. The lowest BCUT2D eigenvalue weighted by Gasteiger charge is -2.16. The molecule has 0 aliphatic carbocycles. The molecule has 5 nitrogen and oxygen atoms in total. The first-order valence-electron chi connectivity index (χ1n) is 10.2. The van der Waals surface area contributed by atoms with Gasteiger partial charge in [0, 0.05) is 29.9 Å². The van der Waals surface area contributed by atoms with E-state index < -0.39 is 0 Å². The van der Waals surface area contributed by atoms with Crippen LogP contribution in [0.3, 0.4) is 0 Å². The lowest BCUT2D eigenvalue weighted by atomic mass is 9.98. The number of amides is 2. The third-order valence-corrected chi connectivity index (χ3v) is 5.66. The summed E-state index contributed by atoms with van der Waals surface area (Å²) in [7, 11) is 0. The highest BCUT2D eigenvalue weighted by molar-refractivity contribution is 6.05. The second-order valence-electron chi connectivity index (χ2n) is 7.79. The first kappa shape index (κ1) is 21.3. The molecule has 2 N–H and O–H groups in total. The van der Waals surface area contributed by atoms with Gasteiger partial charge in [-0.1, -0.05) is 18.2 Å². The first-order chi connectivity index (χ1) is 13.7. The van der Waals surface area contributed by atoms with Crippen molar-refractivity contribution in [3.63, 3.8) is 0 Å². The average molecular weight is 414 g/mol. The van der Waals surface area contributed by atoms with Crippen LogP contribution in [0.1, 0.15) is 45.5 Å². The summed E-state index contributed by atoms with van der Waals surface area (Å²) in [5.41, 5.74) is 3.17. The van der Waals surface area contributed by atoms with E-state index in [1.807, 2.05) is 47.4 Å². The molecule has 0 bridgehead atoms. The summed E-state index contributed by atoms with van der Waals surface area (Å²) in [4.78, 5) is 27.0. The summed E-state index contributed by atoms with van der Waals surface area (Å²) in [5, 5.41) is 6.31. The van der Waals surface area contributed by atoms with Crippen LogP contribution in [-0.2, 0) is 6.42 Å². The fraction of sp³-hybridized carbons (Fsp3) is 0.391. The Kier molecular flexibility index (Phi) is 7.29. The Bertz CT molecular complexity index is 841. The van der Waals surface area contributed by atoms with Crippen molar-refractivity contribution < 1.29 is 9.59 Å². The quantitative estimate of drug-likeness (QED) is 0.784. The number of halogens is 1. The van der Waals surface area contributed by atoms with Gasteiger partial charge in [0.05, 0.1) is 0 Å². The summed E-state index contributed by atoms with van der Waals surface area (Å²) >= 11 is 0. The van der Waals surface area contributed by atoms with Gasteiger partial charge in [-0.15, -0.1) is 12.4 Å². The number of nitrogens with one attached hydrogen (secondary N) is 2. The van der Waals surface area contributed by atoms with Crippen molar-refractivity contribution in [1.29, 1.82) is 0 Å². The largest absolute Gasteiger partial charge is 0.339 e. The molecule has 2 aliphatic heterocycles. The molecule has 2 aromatic carbocycles. The number of carbonyl (C=O) groups is 2. The van der Waals surface area contributed by atoms with Crippen molar-refractivity contribution in [2.24, 2.45) is 5.92 Å². The zero-order chi connectivity index (χ0) is 19.3. The van der Waals surface area contributed by atoms with Gasteiger partial charge in [0.1, 0.15) is 0 Å². The fourth-order valence-corrected chi connectivity index (χ4v) is 4.05. The molecule has 2 aromatic rings. The molecule has 2 aliphatic rings. The molecule has 6 heteroatoms. The number of anilines is 1. The van der Waals surface area contributed by atoms with Crippen LogP contribution in [0, 0.1) is 5.92 Å². The molecule has 1 atom stereocenters. The van der Waals surface area contributed by atoms with E-state index in [2.05, 4.69) is 10.6 Å². The van der Waals surface area contributed by atoms with Crippen LogP contribution < -0.4 is 10.6 Å². The van der Waals surface area contributed by atoms with E-state index in [0.717, 1.165) is 45.4 Å². The molecule has 2 saturated heterocycles. The molecular weight excluding hydrogens is 386 g/mol. The smallest absolute Gasteiger partial charge is 0.255 e. The molecule has 0 saturated carbocycles. The molecule has 154 valence electrons. The monoisotopic (exact) mass is 413 g/mol. The fourth-order valence-electron chi connectivity index (χ4n) is 4.05. The molecular formula is C23H28ClN3O2. The Hall–Kier alpha value is -2.37. The lowest BCUT2D eigenvalue weighted by molar-refractivity contribution is 0.0792. The standard InChI is InChI=1S/C23H27N3O2.ClH/c27-22(19-8-6-17(7-9-19)14-18-10-11-24-16-18)25-21-5-3-4-20(15-21)23(28)26-12-1-2-13-26;/h3-9,15,18,24H,1-2,10-14,16H2,(H,25,27);1H. The number of nitrogens with zero attached hydrogens (tertiary/aromatic N) is 1. The molecule has 1 unspecified atom stereocenters. The summed E-state index contributed by atoms with van der Waals surface area (Å²) in [6.07, 6.45) is 4.40. The predicted octanol–water partition coefficient (Wildman–Crippen LogP) is 3.75.